The molecule has 1 atom stereocenters. The molecule has 0 saturated heterocycles. The van der Waals surface area contributed by atoms with E-state index < -0.39 is 0 Å². The predicted molar refractivity (Wildman–Crippen MR) is 84.1 cm³/mol. The van der Waals surface area contributed by atoms with Crippen LogP contribution in [-0.2, 0) is 0 Å². The SMILES string of the molecule is Cc1csc(C(C)NC(=O)c2cc(S)ccc2Br)n1. The van der Waals surface area contributed by atoms with E-state index in [-0.39, 0.29) is 11.9 Å². The maximum absolute atomic E-state index is 12.2. The largest absolute Gasteiger partial charge is 0.343 e. The van der Waals surface area contributed by atoms with Crippen molar-refractivity contribution in [1.82, 2.24) is 10.3 Å². The molecule has 1 unspecified atom stereocenters. The van der Waals surface area contributed by atoms with Crippen molar-refractivity contribution in [1.29, 1.82) is 0 Å². The minimum absolute atomic E-state index is 0.110. The fourth-order valence-corrected chi connectivity index (χ4v) is 3.03. The van der Waals surface area contributed by atoms with Gasteiger partial charge in [0.25, 0.3) is 5.91 Å². The molecule has 100 valence electrons. The molecule has 1 N–H and O–H groups in total. The van der Waals surface area contributed by atoms with Crippen molar-refractivity contribution in [2.75, 3.05) is 0 Å². The van der Waals surface area contributed by atoms with Gasteiger partial charge in [0.1, 0.15) is 5.01 Å². The Balaban J connectivity index is 2.15. The molecule has 1 aromatic carbocycles. The smallest absolute Gasteiger partial charge is 0.253 e. The van der Waals surface area contributed by atoms with Crippen LogP contribution in [0.25, 0.3) is 0 Å². The van der Waals surface area contributed by atoms with E-state index in [1.54, 1.807) is 17.4 Å². The number of thiol groups is 1. The Hall–Kier alpha value is -0.850. The van der Waals surface area contributed by atoms with Crippen LogP contribution in [-0.4, -0.2) is 10.9 Å². The summed E-state index contributed by atoms with van der Waals surface area (Å²) < 4.78 is 0.755. The second-order valence-electron chi connectivity index (χ2n) is 4.19. The molecule has 2 aromatic rings. The number of carbonyl (C=O) groups is 1. The van der Waals surface area contributed by atoms with Gasteiger partial charge in [0.05, 0.1) is 11.6 Å². The molecule has 0 aliphatic heterocycles. The van der Waals surface area contributed by atoms with Crippen LogP contribution in [0.15, 0.2) is 32.9 Å². The monoisotopic (exact) mass is 356 g/mol. The van der Waals surface area contributed by atoms with Gasteiger partial charge in [-0.15, -0.1) is 24.0 Å². The van der Waals surface area contributed by atoms with Crippen LogP contribution in [0.3, 0.4) is 0 Å². The van der Waals surface area contributed by atoms with Crippen LogP contribution in [0.5, 0.6) is 0 Å². The number of aromatic nitrogens is 1. The number of thiazole rings is 1. The Morgan fingerprint density at radius 2 is 2.26 bits per heavy atom. The van der Waals surface area contributed by atoms with E-state index in [4.69, 9.17) is 0 Å². The fourth-order valence-electron chi connectivity index (χ4n) is 1.59. The van der Waals surface area contributed by atoms with E-state index in [9.17, 15) is 4.79 Å². The Morgan fingerprint density at radius 1 is 1.53 bits per heavy atom. The van der Waals surface area contributed by atoms with Crippen molar-refractivity contribution in [2.24, 2.45) is 0 Å². The summed E-state index contributed by atoms with van der Waals surface area (Å²) in [6.45, 7) is 3.87. The zero-order valence-corrected chi connectivity index (χ0v) is 13.8. The van der Waals surface area contributed by atoms with Crippen molar-refractivity contribution in [3.8, 4) is 0 Å². The van der Waals surface area contributed by atoms with E-state index in [1.165, 1.54) is 0 Å². The van der Waals surface area contributed by atoms with Crippen LogP contribution < -0.4 is 5.32 Å². The second-order valence-corrected chi connectivity index (χ2v) is 6.45. The summed E-state index contributed by atoms with van der Waals surface area (Å²) in [6.07, 6.45) is 0. The highest BCUT2D eigenvalue weighted by atomic mass is 79.9. The van der Waals surface area contributed by atoms with Crippen LogP contribution in [0, 0.1) is 6.92 Å². The Morgan fingerprint density at radius 3 is 2.89 bits per heavy atom. The third-order valence-electron chi connectivity index (χ3n) is 2.55. The number of aryl methyl sites for hydroxylation is 1. The maximum atomic E-state index is 12.2. The van der Waals surface area contributed by atoms with Crippen molar-refractivity contribution >= 4 is 45.8 Å². The van der Waals surface area contributed by atoms with Crippen molar-refractivity contribution in [2.45, 2.75) is 24.8 Å². The molecule has 2 rings (SSSR count). The summed E-state index contributed by atoms with van der Waals surface area (Å²) >= 11 is 9.17. The number of nitrogens with zero attached hydrogens (tertiary/aromatic N) is 1. The summed E-state index contributed by atoms with van der Waals surface area (Å²) in [5.41, 5.74) is 1.55. The molecule has 1 heterocycles. The average molecular weight is 357 g/mol. The number of hydrogen-bond acceptors (Lipinski definition) is 4. The molecular formula is C13H13BrN2OS2. The first-order chi connectivity index (χ1) is 8.97. The molecule has 19 heavy (non-hydrogen) atoms. The zero-order chi connectivity index (χ0) is 14.0. The summed E-state index contributed by atoms with van der Waals surface area (Å²) in [5, 5.41) is 5.82. The van der Waals surface area contributed by atoms with Gasteiger partial charge in [0.2, 0.25) is 0 Å². The lowest BCUT2D eigenvalue weighted by Gasteiger charge is -2.12. The first kappa shape index (κ1) is 14.6. The zero-order valence-electron chi connectivity index (χ0n) is 10.5. The van der Waals surface area contributed by atoms with Gasteiger partial charge < -0.3 is 5.32 Å². The summed E-state index contributed by atoms with van der Waals surface area (Å²) in [4.78, 5) is 17.3. The van der Waals surface area contributed by atoms with E-state index in [0.717, 1.165) is 20.1 Å². The van der Waals surface area contributed by atoms with Gasteiger partial charge in [-0.05, 0) is 48.0 Å². The summed E-state index contributed by atoms with van der Waals surface area (Å²) in [6, 6.07) is 5.27. The lowest BCUT2D eigenvalue weighted by atomic mass is 10.2. The summed E-state index contributed by atoms with van der Waals surface area (Å²) in [5.74, 6) is -0.136. The molecule has 0 aliphatic carbocycles. The van der Waals surface area contributed by atoms with Gasteiger partial charge >= 0.3 is 0 Å². The maximum Gasteiger partial charge on any atom is 0.253 e. The highest BCUT2D eigenvalue weighted by molar-refractivity contribution is 9.10. The number of benzene rings is 1. The van der Waals surface area contributed by atoms with Crippen molar-refractivity contribution < 1.29 is 4.79 Å². The van der Waals surface area contributed by atoms with E-state index >= 15 is 0 Å². The quantitative estimate of drug-likeness (QED) is 0.816. The van der Waals surface area contributed by atoms with Crippen molar-refractivity contribution in [3.05, 3.63) is 44.3 Å². The molecular weight excluding hydrogens is 344 g/mol. The van der Waals surface area contributed by atoms with E-state index in [1.807, 2.05) is 31.4 Å². The Bertz CT molecular complexity index is 612. The number of amides is 1. The first-order valence-corrected chi connectivity index (χ1v) is 7.81. The lowest BCUT2D eigenvalue weighted by Crippen LogP contribution is -2.26. The van der Waals surface area contributed by atoms with Gasteiger partial charge in [-0.25, -0.2) is 4.98 Å². The Labute approximate surface area is 130 Å². The molecule has 0 aliphatic rings. The number of carbonyl (C=O) groups excluding carboxylic acids is 1. The first-order valence-electron chi connectivity index (χ1n) is 5.69. The van der Waals surface area contributed by atoms with Crippen LogP contribution in [0.4, 0.5) is 0 Å². The van der Waals surface area contributed by atoms with Gasteiger partial charge in [-0.2, -0.15) is 0 Å². The van der Waals surface area contributed by atoms with Crippen LogP contribution >= 0.6 is 39.9 Å². The predicted octanol–water partition coefficient (Wildman–Crippen LogP) is 3.99. The van der Waals surface area contributed by atoms with Gasteiger partial charge in [0.15, 0.2) is 0 Å². The van der Waals surface area contributed by atoms with Gasteiger partial charge in [-0.3, -0.25) is 4.79 Å². The third kappa shape index (κ3) is 3.58. The standard InChI is InChI=1S/C13H13BrN2OS2/c1-7-6-19-13(15-7)8(2)16-12(17)10-5-9(18)3-4-11(10)14/h3-6,8,18H,1-2H3,(H,16,17). The minimum atomic E-state index is -0.136. The van der Waals surface area contributed by atoms with Crippen LogP contribution in [0.2, 0.25) is 0 Å². The van der Waals surface area contributed by atoms with Crippen molar-refractivity contribution in [3.63, 3.8) is 0 Å². The highest BCUT2D eigenvalue weighted by Crippen LogP contribution is 2.22. The Kier molecular flexibility index (Phi) is 4.65. The lowest BCUT2D eigenvalue weighted by molar-refractivity contribution is 0.0939. The van der Waals surface area contributed by atoms with E-state index in [2.05, 4.69) is 38.9 Å². The third-order valence-corrected chi connectivity index (χ3v) is 4.66. The minimum Gasteiger partial charge on any atom is -0.343 e. The fraction of sp³-hybridized carbons (Fsp3) is 0.231. The molecule has 0 bridgehead atoms. The van der Waals surface area contributed by atoms with E-state index in [0.29, 0.717) is 5.56 Å². The average Bonchev–Trinajstić information content (AvgIpc) is 2.79. The molecule has 0 fully saturated rings. The number of rotatable bonds is 3. The topological polar surface area (TPSA) is 42.0 Å². The van der Waals surface area contributed by atoms with Crippen LogP contribution in [0.1, 0.15) is 34.0 Å². The normalized spacial score (nSPS) is 12.2. The number of nitrogens with one attached hydrogen (secondary N) is 1. The summed E-state index contributed by atoms with van der Waals surface area (Å²) in [7, 11) is 0. The number of hydrogen-bond donors (Lipinski definition) is 2. The molecule has 1 amide bonds. The molecule has 1 aromatic heterocycles. The van der Waals surface area contributed by atoms with Gasteiger partial charge in [-0.1, -0.05) is 0 Å². The second kappa shape index (κ2) is 6.07. The number of halogens is 1. The molecule has 3 nitrogen and oxygen atoms in total. The highest BCUT2D eigenvalue weighted by Gasteiger charge is 2.16. The molecule has 0 saturated carbocycles. The van der Waals surface area contributed by atoms with Gasteiger partial charge in [0, 0.05) is 20.4 Å². The molecule has 6 heteroatoms. The molecule has 0 radical (unpaired) electrons. The molecule has 0 spiro atoms.